The van der Waals surface area contributed by atoms with Gasteiger partial charge in [-0.2, -0.15) is 0 Å². The van der Waals surface area contributed by atoms with Gasteiger partial charge in [-0.05, 0) is 28.8 Å². The fourth-order valence-electron chi connectivity index (χ4n) is 2.51. The number of nitrogens with one attached hydrogen (secondary N) is 2. The van der Waals surface area contributed by atoms with E-state index in [1.54, 1.807) is 0 Å². The van der Waals surface area contributed by atoms with Gasteiger partial charge in [-0.1, -0.05) is 54.1 Å². The molecule has 23 heavy (non-hydrogen) atoms. The number of H-pyrrole nitrogens is 1. The minimum atomic E-state index is -0.404. The molecule has 0 aliphatic rings. The molecular weight excluding hydrogens is 312 g/mol. The van der Waals surface area contributed by atoms with Crippen molar-refractivity contribution in [2.24, 2.45) is 0 Å². The Bertz CT molecular complexity index is 913. The van der Waals surface area contributed by atoms with Crippen molar-refractivity contribution in [2.45, 2.75) is 6.42 Å². The molecule has 4 nitrogen and oxygen atoms in total. The molecule has 0 radical (unpaired) electrons. The van der Waals surface area contributed by atoms with Crippen LogP contribution in [0.4, 0.5) is 0 Å². The Morgan fingerprint density at radius 1 is 1.13 bits per heavy atom. The van der Waals surface area contributed by atoms with E-state index in [1.807, 2.05) is 18.2 Å². The van der Waals surface area contributed by atoms with Gasteiger partial charge in [0.2, 0.25) is 0 Å². The Kier molecular flexibility index (Phi) is 4.44. The molecule has 0 saturated heterocycles. The van der Waals surface area contributed by atoms with Crippen LogP contribution in [0.3, 0.4) is 0 Å². The molecule has 1 amide bonds. The van der Waals surface area contributed by atoms with Gasteiger partial charge in [-0.3, -0.25) is 9.59 Å². The predicted molar refractivity (Wildman–Crippen MR) is 92.1 cm³/mol. The molecular formula is C18H15ClN2O2. The fourth-order valence-corrected chi connectivity index (χ4v) is 2.68. The SMILES string of the molecule is O=C(NCCc1cccc2ccccc12)c1c[nH]c(=O)c(Cl)c1. The standard InChI is InChI=1S/C18H15ClN2O2/c19-16-10-14(11-21-18(16)23)17(22)20-9-8-13-6-3-5-12-4-1-2-7-15(12)13/h1-7,10-11H,8-9H2,(H,20,22)(H,21,23). The summed E-state index contributed by atoms with van der Waals surface area (Å²) in [5, 5.41) is 5.22. The van der Waals surface area contributed by atoms with E-state index in [2.05, 4.69) is 34.6 Å². The molecule has 0 atom stereocenters. The van der Waals surface area contributed by atoms with E-state index < -0.39 is 5.56 Å². The van der Waals surface area contributed by atoms with Crippen molar-refractivity contribution in [1.29, 1.82) is 0 Å². The highest BCUT2D eigenvalue weighted by molar-refractivity contribution is 6.30. The third-order valence-electron chi connectivity index (χ3n) is 3.68. The lowest BCUT2D eigenvalue weighted by molar-refractivity contribution is 0.0954. The molecule has 0 fully saturated rings. The first-order chi connectivity index (χ1) is 11.1. The maximum atomic E-state index is 12.1. The van der Waals surface area contributed by atoms with E-state index in [1.165, 1.54) is 28.6 Å². The second-order valence-corrected chi connectivity index (χ2v) is 5.62. The van der Waals surface area contributed by atoms with Gasteiger partial charge in [-0.15, -0.1) is 0 Å². The summed E-state index contributed by atoms with van der Waals surface area (Å²) >= 11 is 5.73. The summed E-state index contributed by atoms with van der Waals surface area (Å²) in [6, 6.07) is 15.7. The van der Waals surface area contributed by atoms with Crippen molar-refractivity contribution in [3.05, 3.63) is 81.2 Å². The maximum Gasteiger partial charge on any atom is 0.266 e. The Morgan fingerprint density at radius 2 is 1.91 bits per heavy atom. The largest absolute Gasteiger partial charge is 0.352 e. The summed E-state index contributed by atoms with van der Waals surface area (Å²) < 4.78 is 0. The molecule has 3 aromatic rings. The molecule has 116 valence electrons. The number of aromatic amines is 1. The minimum absolute atomic E-state index is 0.00621. The van der Waals surface area contributed by atoms with Crippen LogP contribution < -0.4 is 10.9 Å². The van der Waals surface area contributed by atoms with Crippen LogP contribution in [0.5, 0.6) is 0 Å². The van der Waals surface area contributed by atoms with Gasteiger partial charge < -0.3 is 10.3 Å². The summed E-state index contributed by atoms with van der Waals surface area (Å²) in [6.07, 6.45) is 2.09. The molecule has 1 aromatic heterocycles. The molecule has 0 saturated carbocycles. The molecule has 2 aromatic carbocycles. The van der Waals surface area contributed by atoms with Crippen molar-refractivity contribution in [1.82, 2.24) is 10.3 Å². The van der Waals surface area contributed by atoms with Crippen LogP contribution in [0.2, 0.25) is 5.02 Å². The van der Waals surface area contributed by atoms with Crippen LogP contribution in [0, 0.1) is 0 Å². The van der Waals surface area contributed by atoms with Crippen molar-refractivity contribution in [2.75, 3.05) is 6.54 Å². The van der Waals surface area contributed by atoms with Crippen LogP contribution in [0.25, 0.3) is 10.8 Å². The van der Waals surface area contributed by atoms with Crippen LogP contribution >= 0.6 is 11.6 Å². The Morgan fingerprint density at radius 3 is 2.74 bits per heavy atom. The number of aromatic nitrogens is 1. The summed E-state index contributed by atoms with van der Waals surface area (Å²) in [5.41, 5.74) is 1.12. The Labute approximate surface area is 138 Å². The number of carbonyl (C=O) groups is 1. The van der Waals surface area contributed by atoms with Gasteiger partial charge in [0.05, 0.1) is 5.56 Å². The van der Waals surface area contributed by atoms with Gasteiger partial charge >= 0.3 is 0 Å². The van der Waals surface area contributed by atoms with E-state index in [0.29, 0.717) is 12.1 Å². The van der Waals surface area contributed by atoms with Crippen molar-refractivity contribution in [3.63, 3.8) is 0 Å². The highest BCUT2D eigenvalue weighted by atomic mass is 35.5. The molecule has 0 unspecified atom stereocenters. The molecule has 0 spiro atoms. The van der Waals surface area contributed by atoms with Crippen LogP contribution in [-0.4, -0.2) is 17.4 Å². The Balaban J connectivity index is 1.67. The molecule has 0 aliphatic heterocycles. The van der Waals surface area contributed by atoms with Gasteiger partial charge in [-0.25, -0.2) is 0 Å². The number of pyridine rings is 1. The number of amides is 1. The Hall–Kier alpha value is -2.59. The van der Waals surface area contributed by atoms with Crippen molar-refractivity contribution >= 4 is 28.3 Å². The number of fused-ring (bicyclic) bond motifs is 1. The third kappa shape index (κ3) is 3.43. The van der Waals surface area contributed by atoms with Crippen LogP contribution in [-0.2, 0) is 6.42 Å². The number of hydrogen-bond acceptors (Lipinski definition) is 2. The van der Waals surface area contributed by atoms with E-state index in [9.17, 15) is 9.59 Å². The molecule has 0 bridgehead atoms. The minimum Gasteiger partial charge on any atom is -0.352 e. The van der Waals surface area contributed by atoms with Crippen molar-refractivity contribution in [3.8, 4) is 0 Å². The average molecular weight is 327 g/mol. The van der Waals surface area contributed by atoms with Gasteiger partial charge in [0, 0.05) is 12.7 Å². The average Bonchev–Trinajstić information content (AvgIpc) is 2.57. The molecule has 5 heteroatoms. The first kappa shape index (κ1) is 15.3. The van der Waals surface area contributed by atoms with Gasteiger partial charge in [0.1, 0.15) is 5.02 Å². The van der Waals surface area contributed by atoms with Crippen molar-refractivity contribution < 1.29 is 4.79 Å². The van der Waals surface area contributed by atoms with E-state index in [4.69, 9.17) is 11.6 Å². The first-order valence-electron chi connectivity index (χ1n) is 7.28. The van der Waals surface area contributed by atoms with Crippen LogP contribution in [0.15, 0.2) is 59.5 Å². The summed E-state index contributed by atoms with van der Waals surface area (Å²) in [4.78, 5) is 25.7. The van der Waals surface area contributed by atoms with E-state index >= 15 is 0 Å². The first-order valence-corrected chi connectivity index (χ1v) is 7.66. The number of halogens is 1. The maximum absolute atomic E-state index is 12.1. The van der Waals surface area contributed by atoms with Crippen LogP contribution in [0.1, 0.15) is 15.9 Å². The quantitative estimate of drug-likeness (QED) is 0.773. The van der Waals surface area contributed by atoms with Gasteiger partial charge in [0.25, 0.3) is 11.5 Å². The molecule has 2 N–H and O–H groups in total. The number of hydrogen-bond donors (Lipinski definition) is 2. The smallest absolute Gasteiger partial charge is 0.266 e. The lowest BCUT2D eigenvalue weighted by Crippen LogP contribution is -2.26. The molecule has 3 rings (SSSR count). The molecule has 0 aliphatic carbocycles. The number of rotatable bonds is 4. The third-order valence-corrected chi connectivity index (χ3v) is 3.96. The zero-order chi connectivity index (χ0) is 16.2. The highest BCUT2D eigenvalue weighted by Crippen LogP contribution is 2.18. The lowest BCUT2D eigenvalue weighted by atomic mass is 10.0. The highest BCUT2D eigenvalue weighted by Gasteiger charge is 2.08. The molecule has 1 heterocycles. The summed E-state index contributed by atoms with van der Waals surface area (Å²) in [7, 11) is 0. The summed E-state index contributed by atoms with van der Waals surface area (Å²) in [5.74, 6) is -0.261. The second kappa shape index (κ2) is 6.67. The number of benzene rings is 2. The second-order valence-electron chi connectivity index (χ2n) is 5.21. The monoisotopic (exact) mass is 326 g/mol. The van der Waals surface area contributed by atoms with Gasteiger partial charge in [0.15, 0.2) is 0 Å². The predicted octanol–water partition coefficient (Wildman–Crippen LogP) is 3.15. The fraction of sp³-hybridized carbons (Fsp3) is 0.111. The van der Waals surface area contributed by atoms with E-state index in [0.717, 1.165) is 6.42 Å². The summed E-state index contributed by atoms with van der Waals surface area (Å²) in [6.45, 7) is 0.504. The topological polar surface area (TPSA) is 62.0 Å². The van der Waals surface area contributed by atoms with E-state index in [-0.39, 0.29) is 10.9 Å². The normalized spacial score (nSPS) is 10.7. The zero-order valence-electron chi connectivity index (χ0n) is 12.3. The number of carbonyl (C=O) groups excluding carboxylic acids is 1. The lowest BCUT2D eigenvalue weighted by Gasteiger charge is -2.08. The zero-order valence-corrected chi connectivity index (χ0v) is 13.1.